The number of halogens is 1. The van der Waals surface area contributed by atoms with E-state index >= 15 is 0 Å². The molecule has 0 bridgehead atoms. The Balaban J connectivity index is 1.39. The Morgan fingerprint density at radius 3 is 2.56 bits per heavy atom. The predicted octanol–water partition coefficient (Wildman–Crippen LogP) is 4.86. The minimum absolute atomic E-state index is 0.192. The summed E-state index contributed by atoms with van der Waals surface area (Å²) in [5.74, 6) is 0.0769. The first kappa shape index (κ1) is 19.4. The number of benzene rings is 2. The number of aryl methyl sites for hydroxylation is 1. The smallest absolute Gasteiger partial charge is 0.286 e. The number of carbonyl (C=O) groups excluding carboxylic acids is 2. The van der Waals surface area contributed by atoms with Gasteiger partial charge < -0.3 is 4.74 Å². The van der Waals surface area contributed by atoms with Gasteiger partial charge in [0.25, 0.3) is 5.24 Å². The first-order valence-corrected chi connectivity index (χ1v) is 9.96. The number of hydrogen-bond donors (Lipinski definition) is 1. The van der Waals surface area contributed by atoms with Crippen LogP contribution in [-0.2, 0) is 17.8 Å². The molecule has 6 heteroatoms. The van der Waals surface area contributed by atoms with Gasteiger partial charge in [-0.15, -0.1) is 0 Å². The molecule has 1 aliphatic heterocycles. The average Bonchev–Trinajstić information content (AvgIpc) is 2.99. The molecular formula is C21H22FNO3S. The molecule has 4 nitrogen and oxygen atoms in total. The minimum Gasteiger partial charge on any atom is -0.489 e. The second-order valence-electron chi connectivity index (χ2n) is 6.51. The molecule has 1 atom stereocenters. The highest BCUT2D eigenvalue weighted by Gasteiger charge is 2.30. The van der Waals surface area contributed by atoms with Crippen LogP contribution in [0.25, 0.3) is 0 Å². The molecule has 2 aromatic rings. The first-order valence-electron chi connectivity index (χ1n) is 9.08. The average molecular weight is 387 g/mol. The van der Waals surface area contributed by atoms with Crippen molar-refractivity contribution in [2.24, 2.45) is 0 Å². The minimum atomic E-state index is -0.268. The Kier molecular flexibility index (Phi) is 6.87. The van der Waals surface area contributed by atoms with Crippen molar-refractivity contribution in [3.05, 3.63) is 65.5 Å². The van der Waals surface area contributed by atoms with Crippen LogP contribution < -0.4 is 10.1 Å². The van der Waals surface area contributed by atoms with Crippen molar-refractivity contribution in [1.29, 1.82) is 0 Å². The Morgan fingerprint density at radius 2 is 1.85 bits per heavy atom. The van der Waals surface area contributed by atoms with E-state index in [9.17, 15) is 14.0 Å². The number of imide groups is 1. The second-order valence-corrected chi connectivity index (χ2v) is 7.69. The van der Waals surface area contributed by atoms with Gasteiger partial charge in [0.2, 0.25) is 5.91 Å². The fraction of sp³-hybridized carbons (Fsp3) is 0.333. The van der Waals surface area contributed by atoms with E-state index in [2.05, 4.69) is 5.32 Å². The highest BCUT2D eigenvalue weighted by atomic mass is 32.2. The maximum absolute atomic E-state index is 14.3. The van der Waals surface area contributed by atoms with E-state index in [0.29, 0.717) is 30.8 Å². The molecule has 1 saturated heterocycles. The largest absolute Gasteiger partial charge is 0.489 e. The molecule has 0 spiro atoms. The van der Waals surface area contributed by atoms with Crippen LogP contribution in [0.1, 0.15) is 36.8 Å². The standard InChI is InChI=1S/C21H22FNO3S/c22-18-13-17(26-14-15-7-3-1-4-8-15)12-11-16(18)9-5-2-6-10-19-20(24)23-21(25)27-19/h1,3-4,7-8,11-13,19H,2,5-6,9-10,14H2,(H,23,24,25). The molecule has 0 aromatic heterocycles. The lowest BCUT2D eigenvalue weighted by Crippen LogP contribution is -2.24. The molecule has 1 heterocycles. The molecule has 1 N–H and O–H groups in total. The predicted molar refractivity (Wildman–Crippen MR) is 104 cm³/mol. The van der Waals surface area contributed by atoms with Gasteiger partial charge in [0.1, 0.15) is 18.2 Å². The summed E-state index contributed by atoms with van der Waals surface area (Å²) in [7, 11) is 0. The zero-order valence-electron chi connectivity index (χ0n) is 14.9. The molecule has 1 fully saturated rings. The van der Waals surface area contributed by atoms with Crippen LogP contribution in [0.4, 0.5) is 9.18 Å². The van der Waals surface area contributed by atoms with Gasteiger partial charge in [0.05, 0.1) is 5.25 Å². The quantitative estimate of drug-likeness (QED) is 0.625. The third-order valence-electron chi connectivity index (χ3n) is 4.45. The Bertz CT molecular complexity index is 797. The molecule has 3 rings (SSSR count). The maximum Gasteiger partial charge on any atom is 0.286 e. The van der Waals surface area contributed by atoms with Crippen molar-refractivity contribution >= 4 is 22.9 Å². The van der Waals surface area contributed by atoms with E-state index in [-0.39, 0.29) is 22.2 Å². The molecule has 1 aliphatic rings. The fourth-order valence-corrected chi connectivity index (χ4v) is 3.84. The highest BCUT2D eigenvalue weighted by Crippen LogP contribution is 2.25. The SMILES string of the molecule is O=C1NC(=O)C(CCCCCc2ccc(OCc3ccccc3)cc2F)S1. The lowest BCUT2D eigenvalue weighted by atomic mass is 10.0. The molecule has 1 unspecified atom stereocenters. The second kappa shape index (κ2) is 9.55. The summed E-state index contributed by atoms with van der Waals surface area (Å²) in [6.45, 7) is 0.412. The third-order valence-corrected chi connectivity index (χ3v) is 5.50. The normalized spacial score (nSPS) is 16.4. The van der Waals surface area contributed by atoms with E-state index in [1.165, 1.54) is 6.07 Å². The van der Waals surface area contributed by atoms with E-state index in [1.54, 1.807) is 12.1 Å². The lowest BCUT2D eigenvalue weighted by molar-refractivity contribution is -0.119. The number of hydrogen-bond acceptors (Lipinski definition) is 4. The van der Waals surface area contributed by atoms with Crippen LogP contribution in [0.3, 0.4) is 0 Å². The summed E-state index contributed by atoms with van der Waals surface area (Å²) in [6.07, 6.45) is 3.90. The van der Waals surface area contributed by atoms with Gasteiger partial charge in [0.15, 0.2) is 0 Å². The number of amides is 2. The van der Waals surface area contributed by atoms with Crippen molar-refractivity contribution < 1.29 is 18.7 Å². The van der Waals surface area contributed by atoms with Crippen molar-refractivity contribution in [3.63, 3.8) is 0 Å². The number of thioether (sulfide) groups is 1. The summed E-state index contributed by atoms with van der Waals surface area (Å²) in [5.41, 5.74) is 1.71. The summed E-state index contributed by atoms with van der Waals surface area (Å²) in [6, 6.07) is 14.8. The van der Waals surface area contributed by atoms with Gasteiger partial charge in [-0.1, -0.05) is 61.0 Å². The lowest BCUT2D eigenvalue weighted by Gasteiger charge is -2.09. The number of unbranched alkanes of at least 4 members (excludes halogenated alkanes) is 2. The number of carbonyl (C=O) groups is 2. The monoisotopic (exact) mass is 387 g/mol. The van der Waals surface area contributed by atoms with E-state index in [0.717, 1.165) is 36.6 Å². The molecule has 0 aliphatic carbocycles. The molecule has 2 aromatic carbocycles. The van der Waals surface area contributed by atoms with Gasteiger partial charge in [-0.3, -0.25) is 14.9 Å². The molecule has 142 valence electrons. The Morgan fingerprint density at radius 1 is 1.04 bits per heavy atom. The zero-order chi connectivity index (χ0) is 19.1. The van der Waals surface area contributed by atoms with Gasteiger partial charge >= 0.3 is 0 Å². The summed E-state index contributed by atoms with van der Waals surface area (Å²) in [5, 5.41) is 1.76. The van der Waals surface area contributed by atoms with E-state index in [1.807, 2.05) is 30.3 Å². The van der Waals surface area contributed by atoms with E-state index < -0.39 is 0 Å². The first-order chi connectivity index (χ1) is 13.1. The summed E-state index contributed by atoms with van der Waals surface area (Å²) >= 11 is 1.06. The molecule has 0 saturated carbocycles. The number of ether oxygens (including phenoxy) is 1. The van der Waals surface area contributed by atoms with E-state index in [4.69, 9.17) is 4.74 Å². The Labute approximate surface area is 162 Å². The topological polar surface area (TPSA) is 55.4 Å². The van der Waals surface area contributed by atoms with Crippen molar-refractivity contribution in [2.45, 2.75) is 44.0 Å². The van der Waals surface area contributed by atoms with Crippen LogP contribution in [0.2, 0.25) is 0 Å². The molecule has 2 amide bonds. The Hall–Kier alpha value is -2.34. The van der Waals surface area contributed by atoms with Crippen molar-refractivity contribution in [1.82, 2.24) is 5.32 Å². The summed E-state index contributed by atoms with van der Waals surface area (Å²) < 4.78 is 19.9. The van der Waals surface area contributed by atoms with Crippen LogP contribution in [0.5, 0.6) is 5.75 Å². The van der Waals surface area contributed by atoms with Gasteiger partial charge in [-0.2, -0.15) is 0 Å². The van der Waals surface area contributed by atoms with Crippen LogP contribution in [-0.4, -0.2) is 16.4 Å². The highest BCUT2D eigenvalue weighted by molar-refractivity contribution is 8.15. The van der Waals surface area contributed by atoms with Crippen molar-refractivity contribution in [3.8, 4) is 5.75 Å². The van der Waals surface area contributed by atoms with Crippen LogP contribution in [0, 0.1) is 5.82 Å². The molecule has 27 heavy (non-hydrogen) atoms. The third kappa shape index (κ3) is 5.82. The molecule has 0 radical (unpaired) electrons. The maximum atomic E-state index is 14.3. The van der Waals surface area contributed by atoms with Gasteiger partial charge in [-0.25, -0.2) is 4.39 Å². The van der Waals surface area contributed by atoms with Crippen LogP contribution >= 0.6 is 11.8 Å². The van der Waals surface area contributed by atoms with Crippen LogP contribution in [0.15, 0.2) is 48.5 Å². The molecular weight excluding hydrogens is 365 g/mol. The summed E-state index contributed by atoms with van der Waals surface area (Å²) in [4.78, 5) is 22.6. The van der Waals surface area contributed by atoms with Crippen molar-refractivity contribution in [2.75, 3.05) is 0 Å². The number of rotatable bonds is 9. The van der Waals surface area contributed by atoms with Gasteiger partial charge in [0, 0.05) is 6.07 Å². The zero-order valence-corrected chi connectivity index (χ0v) is 15.8. The number of nitrogens with one attached hydrogen (secondary N) is 1. The fourth-order valence-electron chi connectivity index (χ4n) is 2.97. The van der Waals surface area contributed by atoms with Gasteiger partial charge in [-0.05, 0) is 36.5 Å².